The molecule has 0 unspecified atom stereocenters. The third-order valence-corrected chi connectivity index (χ3v) is 10.6. The molecule has 2 aromatic heterocycles. The number of fused-ring (bicyclic) bond motifs is 9. The Morgan fingerprint density at radius 1 is 0.260 bits per heavy atom. The van der Waals surface area contributed by atoms with Gasteiger partial charge < -0.3 is 9.13 Å². The summed E-state index contributed by atoms with van der Waals surface area (Å²) < 4.78 is 4.89. The molecule has 2 heterocycles. The molecular weight excluding hydrogens is 605 g/mol. The van der Waals surface area contributed by atoms with E-state index in [2.05, 4.69) is 191 Å². The first kappa shape index (κ1) is 27.3. The Kier molecular flexibility index (Phi) is 5.70. The van der Waals surface area contributed by atoms with Gasteiger partial charge in [0.25, 0.3) is 0 Å². The van der Waals surface area contributed by atoms with Gasteiger partial charge >= 0.3 is 0 Å². The van der Waals surface area contributed by atoms with Gasteiger partial charge in [0.1, 0.15) is 0 Å². The number of hydrogen-bond acceptors (Lipinski definition) is 0. The van der Waals surface area contributed by atoms with Crippen molar-refractivity contribution in [3.8, 4) is 22.5 Å². The smallest absolute Gasteiger partial charge is 0.0618 e. The Hall–Kier alpha value is -6.64. The van der Waals surface area contributed by atoms with Gasteiger partial charge in [0.2, 0.25) is 0 Å². The molecule has 0 bridgehead atoms. The van der Waals surface area contributed by atoms with E-state index in [0.717, 1.165) is 0 Å². The molecule has 232 valence electrons. The van der Waals surface area contributed by atoms with Crippen LogP contribution in [0.2, 0.25) is 0 Å². The lowest BCUT2D eigenvalue weighted by Crippen LogP contribution is -1.97. The molecule has 0 amide bonds. The maximum Gasteiger partial charge on any atom is 0.0618 e. The second kappa shape index (κ2) is 10.4. The van der Waals surface area contributed by atoms with Gasteiger partial charge in [0.05, 0.1) is 27.8 Å². The molecule has 0 radical (unpaired) electrons. The summed E-state index contributed by atoms with van der Waals surface area (Å²) >= 11 is 0. The van der Waals surface area contributed by atoms with Crippen LogP contribution in [-0.2, 0) is 0 Å². The normalized spacial score (nSPS) is 12.0. The Morgan fingerprint density at radius 2 is 0.720 bits per heavy atom. The summed E-state index contributed by atoms with van der Waals surface area (Å²) in [6.07, 6.45) is 0. The highest BCUT2D eigenvalue weighted by molar-refractivity contribution is 6.16. The molecule has 2 heteroatoms. The van der Waals surface area contributed by atoms with Gasteiger partial charge in [-0.25, -0.2) is 0 Å². The summed E-state index contributed by atoms with van der Waals surface area (Å²) in [5.41, 5.74) is 9.71. The third-order valence-electron chi connectivity index (χ3n) is 10.6. The second-order valence-corrected chi connectivity index (χ2v) is 13.4. The van der Waals surface area contributed by atoms with E-state index in [1.165, 1.54) is 98.4 Å². The zero-order valence-electron chi connectivity index (χ0n) is 27.2. The molecule has 0 saturated heterocycles. The molecule has 0 aliphatic heterocycles. The molecule has 0 spiro atoms. The van der Waals surface area contributed by atoms with Gasteiger partial charge in [-0.3, -0.25) is 0 Å². The minimum Gasteiger partial charge on any atom is -0.309 e. The average molecular weight is 635 g/mol. The Balaban J connectivity index is 1.14. The van der Waals surface area contributed by atoms with Crippen molar-refractivity contribution in [2.75, 3.05) is 0 Å². The first-order valence-corrected chi connectivity index (χ1v) is 17.3. The van der Waals surface area contributed by atoms with E-state index < -0.39 is 0 Å². The van der Waals surface area contributed by atoms with Gasteiger partial charge in [-0.1, -0.05) is 127 Å². The minimum absolute atomic E-state index is 1.18. The Morgan fingerprint density at radius 3 is 1.34 bits per heavy atom. The SMILES string of the molecule is c1ccc2cc(-n3c4ccccc4c4cc(-c5ccc6c(c5)c5ccccc5n6-c5c6ccccc6cc6ccccc56)ccc43)ccc2c1. The van der Waals surface area contributed by atoms with Crippen LogP contribution >= 0.6 is 0 Å². The molecule has 50 heavy (non-hydrogen) atoms. The summed E-state index contributed by atoms with van der Waals surface area (Å²) in [6.45, 7) is 0. The van der Waals surface area contributed by atoms with Crippen LogP contribution in [0.5, 0.6) is 0 Å². The molecule has 0 N–H and O–H groups in total. The van der Waals surface area contributed by atoms with Crippen LogP contribution in [0, 0.1) is 0 Å². The fourth-order valence-corrected chi connectivity index (χ4v) is 8.37. The maximum absolute atomic E-state index is 2.49. The fraction of sp³-hybridized carbons (Fsp3) is 0. The van der Waals surface area contributed by atoms with Gasteiger partial charge in [-0.2, -0.15) is 0 Å². The van der Waals surface area contributed by atoms with Crippen molar-refractivity contribution in [1.82, 2.24) is 9.13 Å². The molecule has 0 aliphatic rings. The Labute approximate surface area is 288 Å². The predicted molar refractivity (Wildman–Crippen MR) is 213 cm³/mol. The van der Waals surface area contributed by atoms with Gasteiger partial charge in [0.15, 0.2) is 0 Å². The molecular formula is C48H30N2. The lowest BCUT2D eigenvalue weighted by atomic mass is 10.00. The topological polar surface area (TPSA) is 9.86 Å². The standard InChI is InChI=1S/C48H30N2/c1-2-12-32-28-37(24-21-31(32)11-1)49-44-19-9-7-17-40(44)42-29-33(22-25-46(42)49)34-23-26-47-43(30-34)41-18-8-10-20-45(41)50(47)48-38-15-5-3-13-35(38)27-36-14-4-6-16-39(36)48/h1-30H. The number of nitrogens with zero attached hydrogens (tertiary/aromatic N) is 2. The number of aromatic nitrogens is 2. The van der Waals surface area contributed by atoms with E-state index in [0.29, 0.717) is 0 Å². The summed E-state index contributed by atoms with van der Waals surface area (Å²) in [4.78, 5) is 0. The zero-order chi connectivity index (χ0) is 32.8. The van der Waals surface area contributed by atoms with Crippen LogP contribution in [-0.4, -0.2) is 9.13 Å². The quantitative estimate of drug-likeness (QED) is 0.171. The number of hydrogen-bond donors (Lipinski definition) is 0. The Bertz CT molecular complexity index is 3100. The van der Waals surface area contributed by atoms with Gasteiger partial charge in [0, 0.05) is 38.0 Å². The molecule has 11 rings (SSSR count). The van der Waals surface area contributed by atoms with Crippen molar-refractivity contribution in [1.29, 1.82) is 0 Å². The molecule has 0 atom stereocenters. The third kappa shape index (κ3) is 3.90. The summed E-state index contributed by atoms with van der Waals surface area (Å²) in [6, 6.07) is 66.8. The van der Waals surface area contributed by atoms with Crippen molar-refractivity contribution < 1.29 is 0 Å². The highest BCUT2D eigenvalue weighted by atomic mass is 15.0. The van der Waals surface area contributed by atoms with Crippen LogP contribution in [0.3, 0.4) is 0 Å². The van der Waals surface area contributed by atoms with Gasteiger partial charge in [-0.15, -0.1) is 0 Å². The first-order chi connectivity index (χ1) is 24.8. The van der Waals surface area contributed by atoms with E-state index in [4.69, 9.17) is 0 Å². The van der Waals surface area contributed by atoms with E-state index in [1.54, 1.807) is 0 Å². The lowest BCUT2D eigenvalue weighted by molar-refractivity contribution is 1.19. The first-order valence-electron chi connectivity index (χ1n) is 17.3. The van der Waals surface area contributed by atoms with E-state index in [-0.39, 0.29) is 0 Å². The molecule has 2 nitrogen and oxygen atoms in total. The molecule has 0 aliphatic carbocycles. The molecule has 9 aromatic carbocycles. The van der Waals surface area contributed by atoms with Crippen LogP contribution in [0.15, 0.2) is 182 Å². The largest absolute Gasteiger partial charge is 0.309 e. The van der Waals surface area contributed by atoms with E-state index >= 15 is 0 Å². The average Bonchev–Trinajstić information content (AvgIpc) is 3.69. The monoisotopic (exact) mass is 634 g/mol. The van der Waals surface area contributed by atoms with E-state index in [9.17, 15) is 0 Å². The van der Waals surface area contributed by atoms with Crippen molar-refractivity contribution >= 4 is 75.9 Å². The van der Waals surface area contributed by atoms with Crippen molar-refractivity contribution in [2.45, 2.75) is 0 Å². The predicted octanol–water partition coefficient (Wildman–Crippen LogP) is 13.0. The van der Waals surface area contributed by atoms with E-state index in [1.807, 2.05) is 0 Å². The minimum atomic E-state index is 1.18. The lowest BCUT2D eigenvalue weighted by Gasteiger charge is -2.15. The van der Waals surface area contributed by atoms with Gasteiger partial charge in [-0.05, 0) is 87.3 Å². The van der Waals surface area contributed by atoms with Crippen molar-refractivity contribution in [3.63, 3.8) is 0 Å². The van der Waals surface area contributed by atoms with Crippen molar-refractivity contribution in [3.05, 3.63) is 182 Å². The fourth-order valence-electron chi connectivity index (χ4n) is 8.37. The number of benzene rings is 9. The second-order valence-electron chi connectivity index (χ2n) is 13.4. The van der Waals surface area contributed by atoms with Crippen molar-refractivity contribution in [2.24, 2.45) is 0 Å². The van der Waals surface area contributed by atoms with Crippen LogP contribution in [0.25, 0.3) is 98.4 Å². The summed E-state index contributed by atoms with van der Waals surface area (Å²) in [7, 11) is 0. The number of rotatable bonds is 3. The van der Waals surface area contributed by atoms with Crippen LogP contribution in [0.1, 0.15) is 0 Å². The molecule has 0 saturated carbocycles. The highest BCUT2D eigenvalue weighted by Gasteiger charge is 2.18. The summed E-state index contributed by atoms with van der Waals surface area (Å²) in [5, 5.41) is 12.6. The van der Waals surface area contributed by atoms with Crippen LogP contribution < -0.4 is 0 Å². The van der Waals surface area contributed by atoms with Crippen LogP contribution in [0.4, 0.5) is 0 Å². The molecule has 0 fully saturated rings. The molecule has 11 aromatic rings. The zero-order valence-corrected chi connectivity index (χ0v) is 27.2. The maximum atomic E-state index is 2.49. The highest BCUT2D eigenvalue weighted by Crippen LogP contribution is 2.41. The summed E-state index contributed by atoms with van der Waals surface area (Å²) in [5.74, 6) is 0. The number of para-hydroxylation sites is 2.